The fraction of sp³-hybridized carbons (Fsp3) is 0.471. The molecule has 0 bridgehead atoms. The van der Waals surface area contributed by atoms with Crippen LogP contribution in [0.4, 0.5) is 4.79 Å². The Balaban J connectivity index is 1.36. The molecular formula is C17H21N5O. The topological polar surface area (TPSA) is 54.3 Å². The van der Waals surface area contributed by atoms with Gasteiger partial charge in [-0.1, -0.05) is 6.07 Å². The molecule has 6 heteroatoms. The standard InChI is InChI=1S/C17H21N5O/c1-13-19-10-16-12-21(17(23)22(13)16)15-5-8-20(9-6-15)11-14-4-2-3-7-18-14/h2-4,7,10,15H,5-6,8-9,11-12H2,1H3. The highest BCUT2D eigenvalue weighted by Gasteiger charge is 2.35. The molecule has 0 aliphatic carbocycles. The van der Waals surface area contributed by atoms with Crippen molar-refractivity contribution < 1.29 is 4.79 Å². The van der Waals surface area contributed by atoms with Gasteiger partial charge in [-0.2, -0.15) is 0 Å². The molecule has 4 rings (SSSR count). The molecule has 23 heavy (non-hydrogen) atoms. The summed E-state index contributed by atoms with van der Waals surface area (Å²) in [5, 5.41) is 0. The second-order valence-electron chi connectivity index (χ2n) is 6.37. The number of carbonyl (C=O) groups excluding carboxylic acids is 1. The first-order valence-electron chi connectivity index (χ1n) is 8.19. The summed E-state index contributed by atoms with van der Waals surface area (Å²) in [5.74, 6) is 0.792. The van der Waals surface area contributed by atoms with Crippen LogP contribution in [0, 0.1) is 6.92 Å². The fourth-order valence-electron chi connectivity index (χ4n) is 3.63. The minimum Gasteiger partial charge on any atom is -0.315 e. The number of piperidine rings is 1. The van der Waals surface area contributed by atoms with Gasteiger partial charge >= 0.3 is 6.03 Å². The molecule has 6 nitrogen and oxygen atoms in total. The Kier molecular flexibility index (Phi) is 3.61. The predicted octanol–water partition coefficient (Wildman–Crippen LogP) is 2.03. The number of rotatable bonds is 3. The average molecular weight is 311 g/mol. The largest absolute Gasteiger partial charge is 0.330 e. The lowest BCUT2D eigenvalue weighted by atomic mass is 10.0. The molecule has 0 atom stereocenters. The van der Waals surface area contributed by atoms with Gasteiger partial charge in [-0.05, 0) is 31.9 Å². The molecule has 4 heterocycles. The summed E-state index contributed by atoms with van der Waals surface area (Å²) in [5.41, 5.74) is 2.13. The molecule has 0 radical (unpaired) electrons. The zero-order valence-corrected chi connectivity index (χ0v) is 13.4. The van der Waals surface area contributed by atoms with Gasteiger partial charge in [-0.15, -0.1) is 0 Å². The van der Waals surface area contributed by atoms with E-state index in [2.05, 4.69) is 20.9 Å². The SMILES string of the molecule is Cc1ncc2n1C(=O)N(C1CCN(Cc3ccccn3)CC1)C2. The van der Waals surface area contributed by atoms with Crippen LogP contribution in [0.3, 0.4) is 0 Å². The second kappa shape index (κ2) is 5.77. The number of pyridine rings is 1. The minimum atomic E-state index is 0.0955. The van der Waals surface area contributed by atoms with Gasteiger partial charge in [0.25, 0.3) is 0 Å². The molecule has 0 aromatic carbocycles. The first-order chi connectivity index (χ1) is 11.2. The van der Waals surface area contributed by atoms with E-state index in [1.165, 1.54) is 0 Å². The van der Waals surface area contributed by atoms with Crippen LogP contribution in [0.5, 0.6) is 0 Å². The minimum absolute atomic E-state index is 0.0955. The van der Waals surface area contributed by atoms with Gasteiger partial charge in [0.15, 0.2) is 0 Å². The van der Waals surface area contributed by atoms with Crippen LogP contribution < -0.4 is 0 Å². The van der Waals surface area contributed by atoms with Crippen LogP contribution in [0.2, 0.25) is 0 Å². The lowest BCUT2D eigenvalue weighted by Crippen LogP contribution is -2.45. The maximum absolute atomic E-state index is 12.6. The Morgan fingerprint density at radius 3 is 2.74 bits per heavy atom. The van der Waals surface area contributed by atoms with E-state index in [-0.39, 0.29) is 6.03 Å². The van der Waals surface area contributed by atoms with Gasteiger partial charge in [0.1, 0.15) is 5.82 Å². The number of likely N-dealkylation sites (tertiary alicyclic amines) is 1. The van der Waals surface area contributed by atoms with Crippen molar-refractivity contribution in [3.8, 4) is 0 Å². The molecule has 120 valence electrons. The van der Waals surface area contributed by atoms with E-state index in [1.54, 1.807) is 4.57 Å². The Morgan fingerprint density at radius 1 is 1.22 bits per heavy atom. The van der Waals surface area contributed by atoms with E-state index in [0.717, 1.165) is 49.7 Å². The molecule has 1 amide bonds. The van der Waals surface area contributed by atoms with Gasteiger partial charge in [-0.25, -0.2) is 9.78 Å². The molecule has 2 aromatic heterocycles. The molecule has 1 fully saturated rings. The third kappa shape index (κ3) is 2.63. The summed E-state index contributed by atoms with van der Waals surface area (Å²) in [7, 11) is 0. The number of hydrogen-bond donors (Lipinski definition) is 0. The molecule has 1 saturated heterocycles. The van der Waals surface area contributed by atoms with E-state index >= 15 is 0 Å². The van der Waals surface area contributed by atoms with Crippen molar-refractivity contribution in [2.24, 2.45) is 0 Å². The summed E-state index contributed by atoms with van der Waals surface area (Å²) in [6.07, 6.45) is 5.71. The highest BCUT2D eigenvalue weighted by molar-refractivity contribution is 5.81. The smallest absolute Gasteiger partial charge is 0.315 e. The Labute approximate surface area is 135 Å². The number of aromatic nitrogens is 3. The Bertz CT molecular complexity index is 703. The summed E-state index contributed by atoms with van der Waals surface area (Å²) in [6, 6.07) is 6.47. The van der Waals surface area contributed by atoms with Crippen LogP contribution >= 0.6 is 0 Å². The van der Waals surface area contributed by atoms with Crippen LogP contribution in [0.15, 0.2) is 30.6 Å². The van der Waals surface area contributed by atoms with Crippen molar-refractivity contribution in [2.45, 2.75) is 38.9 Å². The van der Waals surface area contributed by atoms with Gasteiger partial charge in [0, 0.05) is 31.9 Å². The summed E-state index contributed by atoms with van der Waals surface area (Å²) < 4.78 is 1.75. The Morgan fingerprint density at radius 2 is 2.04 bits per heavy atom. The maximum Gasteiger partial charge on any atom is 0.330 e. The lowest BCUT2D eigenvalue weighted by Gasteiger charge is -2.36. The summed E-state index contributed by atoms with van der Waals surface area (Å²) >= 11 is 0. The second-order valence-corrected chi connectivity index (χ2v) is 6.37. The van der Waals surface area contributed by atoms with Crippen molar-refractivity contribution in [1.82, 2.24) is 24.3 Å². The van der Waals surface area contributed by atoms with Gasteiger partial charge in [0.05, 0.1) is 24.1 Å². The van der Waals surface area contributed by atoms with E-state index < -0.39 is 0 Å². The first kappa shape index (κ1) is 14.4. The zero-order valence-electron chi connectivity index (χ0n) is 13.4. The van der Waals surface area contributed by atoms with Crippen molar-refractivity contribution in [2.75, 3.05) is 13.1 Å². The van der Waals surface area contributed by atoms with Gasteiger partial charge in [-0.3, -0.25) is 14.5 Å². The van der Waals surface area contributed by atoms with Crippen LogP contribution in [-0.2, 0) is 13.1 Å². The van der Waals surface area contributed by atoms with Crippen molar-refractivity contribution in [3.63, 3.8) is 0 Å². The number of hydrogen-bond acceptors (Lipinski definition) is 4. The summed E-state index contributed by atoms with van der Waals surface area (Å²) in [4.78, 5) is 25.6. The molecular weight excluding hydrogens is 290 g/mol. The summed E-state index contributed by atoms with van der Waals surface area (Å²) in [6.45, 7) is 5.50. The van der Waals surface area contributed by atoms with Crippen molar-refractivity contribution in [1.29, 1.82) is 0 Å². The number of nitrogens with zero attached hydrogens (tertiary/aromatic N) is 5. The van der Waals surface area contributed by atoms with Crippen LogP contribution in [0.25, 0.3) is 0 Å². The predicted molar refractivity (Wildman–Crippen MR) is 85.8 cm³/mol. The highest BCUT2D eigenvalue weighted by atomic mass is 16.2. The fourth-order valence-corrected chi connectivity index (χ4v) is 3.63. The molecule has 0 unspecified atom stereocenters. The van der Waals surface area contributed by atoms with Crippen LogP contribution in [0.1, 0.15) is 30.1 Å². The number of fused-ring (bicyclic) bond motifs is 1. The number of amides is 1. The normalized spacial score (nSPS) is 19.3. The van der Waals surface area contributed by atoms with Crippen molar-refractivity contribution in [3.05, 3.63) is 47.8 Å². The molecule has 0 N–H and O–H groups in total. The molecule has 2 aliphatic rings. The molecule has 2 aromatic rings. The van der Waals surface area contributed by atoms with Gasteiger partial charge < -0.3 is 4.90 Å². The maximum atomic E-state index is 12.6. The quantitative estimate of drug-likeness (QED) is 0.870. The zero-order chi connectivity index (χ0) is 15.8. The number of carbonyl (C=O) groups is 1. The van der Waals surface area contributed by atoms with E-state index in [9.17, 15) is 4.79 Å². The van der Waals surface area contributed by atoms with E-state index in [4.69, 9.17) is 0 Å². The molecule has 0 spiro atoms. The molecule has 0 saturated carbocycles. The highest BCUT2D eigenvalue weighted by Crippen LogP contribution is 2.26. The number of aryl methyl sites for hydroxylation is 1. The van der Waals surface area contributed by atoms with Crippen LogP contribution in [-0.4, -0.2) is 49.5 Å². The third-order valence-corrected chi connectivity index (χ3v) is 4.89. The lowest BCUT2D eigenvalue weighted by molar-refractivity contribution is 0.122. The van der Waals surface area contributed by atoms with Crippen molar-refractivity contribution >= 4 is 6.03 Å². The number of imidazole rings is 1. The first-order valence-corrected chi connectivity index (χ1v) is 8.19. The van der Waals surface area contributed by atoms with E-state index in [1.807, 2.05) is 36.4 Å². The van der Waals surface area contributed by atoms with E-state index in [0.29, 0.717) is 12.6 Å². The molecule has 2 aliphatic heterocycles. The average Bonchev–Trinajstić information content (AvgIpc) is 3.10. The monoisotopic (exact) mass is 311 g/mol. The van der Waals surface area contributed by atoms with Gasteiger partial charge in [0.2, 0.25) is 0 Å². The third-order valence-electron chi connectivity index (χ3n) is 4.89. The Hall–Kier alpha value is -2.21.